The normalized spacial score (nSPS) is 10.8. The molecule has 0 spiro atoms. The predicted molar refractivity (Wildman–Crippen MR) is 76.9 cm³/mol. The Hall–Kier alpha value is -1.29. The van der Waals surface area contributed by atoms with Gasteiger partial charge in [0.2, 0.25) is 0 Å². The molecule has 1 heterocycles. The number of hydrazone groups is 1. The van der Waals surface area contributed by atoms with Crippen LogP contribution < -0.4 is 5.43 Å². The molecular formula is C12H8Cl3N3. The van der Waals surface area contributed by atoms with Crippen molar-refractivity contribution >= 4 is 46.7 Å². The van der Waals surface area contributed by atoms with Crippen molar-refractivity contribution in [3.8, 4) is 0 Å². The molecule has 0 aliphatic heterocycles. The first-order valence-electron chi connectivity index (χ1n) is 5.00. The highest BCUT2D eigenvalue weighted by molar-refractivity contribution is 6.41. The maximum Gasteiger partial charge on any atom is 0.0935 e. The van der Waals surface area contributed by atoms with Gasteiger partial charge in [-0.15, -0.1) is 0 Å². The Morgan fingerprint density at radius 2 is 1.67 bits per heavy atom. The van der Waals surface area contributed by atoms with Crippen molar-refractivity contribution in [2.24, 2.45) is 5.10 Å². The van der Waals surface area contributed by atoms with Crippen LogP contribution in [0.15, 0.2) is 41.8 Å². The second kappa shape index (κ2) is 6.05. The lowest BCUT2D eigenvalue weighted by Crippen LogP contribution is -1.92. The molecule has 0 saturated carbocycles. The molecule has 92 valence electrons. The van der Waals surface area contributed by atoms with Crippen LogP contribution in [0, 0.1) is 0 Å². The number of halogens is 3. The molecule has 0 aliphatic carbocycles. The van der Waals surface area contributed by atoms with Crippen molar-refractivity contribution in [3.05, 3.63) is 57.3 Å². The topological polar surface area (TPSA) is 37.3 Å². The second-order valence-corrected chi connectivity index (χ2v) is 4.65. The van der Waals surface area contributed by atoms with E-state index in [-0.39, 0.29) is 0 Å². The highest BCUT2D eigenvalue weighted by atomic mass is 35.5. The number of hydrogen-bond donors (Lipinski definition) is 1. The van der Waals surface area contributed by atoms with Crippen LogP contribution in [-0.4, -0.2) is 11.2 Å². The number of nitrogens with one attached hydrogen (secondary N) is 1. The molecule has 0 atom stereocenters. The maximum atomic E-state index is 6.00. The summed E-state index contributed by atoms with van der Waals surface area (Å²) in [6.45, 7) is 0. The SMILES string of the molecule is Clc1cc(Cl)c(N/N=C\c2ccncc2)c(Cl)c1. The minimum atomic E-state index is 0.416. The summed E-state index contributed by atoms with van der Waals surface area (Å²) in [4.78, 5) is 3.91. The molecular weight excluding hydrogens is 293 g/mol. The predicted octanol–water partition coefficient (Wildman–Crippen LogP) is 4.49. The Labute approximate surface area is 119 Å². The zero-order valence-electron chi connectivity index (χ0n) is 9.07. The average Bonchev–Trinajstić information content (AvgIpc) is 2.34. The third-order valence-corrected chi connectivity index (χ3v) is 2.92. The zero-order chi connectivity index (χ0) is 13.0. The van der Waals surface area contributed by atoms with Gasteiger partial charge in [0.15, 0.2) is 0 Å². The van der Waals surface area contributed by atoms with Crippen LogP contribution in [0.2, 0.25) is 15.1 Å². The van der Waals surface area contributed by atoms with E-state index in [0.29, 0.717) is 20.8 Å². The van der Waals surface area contributed by atoms with E-state index in [1.165, 1.54) is 0 Å². The van der Waals surface area contributed by atoms with E-state index >= 15 is 0 Å². The summed E-state index contributed by atoms with van der Waals surface area (Å²) >= 11 is 17.8. The number of rotatable bonds is 3. The van der Waals surface area contributed by atoms with Gasteiger partial charge >= 0.3 is 0 Å². The Morgan fingerprint density at radius 1 is 1.06 bits per heavy atom. The first-order chi connectivity index (χ1) is 8.66. The zero-order valence-corrected chi connectivity index (χ0v) is 11.3. The van der Waals surface area contributed by atoms with Crippen molar-refractivity contribution in [1.29, 1.82) is 0 Å². The highest BCUT2D eigenvalue weighted by Gasteiger charge is 2.06. The molecule has 2 aromatic rings. The molecule has 1 aromatic heterocycles. The van der Waals surface area contributed by atoms with Gasteiger partial charge in [0, 0.05) is 17.4 Å². The van der Waals surface area contributed by atoms with Gasteiger partial charge in [0.25, 0.3) is 0 Å². The Kier molecular flexibility index (Phi) is 4.42. The molecule has 0 aliphatic rings. The van der Waals surface area contributed by atoms with Gasteiger partial charge in [0.1, 0.15) is 0 Å². The van der Waals surface area contributed by atoms with Gasteiger partial charge in [-0.25, -0.2) is 0 Å². The summed E-state index contributed by atoms with van der Waals surface area (Å²) in [5.41, 5.74) is 4.22. The largest absolute Gasteiger partial charge is 0.275 e. The standard InChI is InChI=1S/C12H8Cl3N3/c13-9-5-10(14)12(11(15)6-9)18-17-7-8-1-3-16-4-2-8/h1-7,18H/b17-7-. The van der Waals surface area contributed by atoms with Crippen molar-refractivity contribution in [1.82, 2.24) is 4.98 Å². The molecule has 0 amide bonds. The molecule has 0 bridgehead atoms. The number of aromatic nitrogens is 1. The van der Waals surface area contributed by atoms with Crippen molar-refractivity contribution in [3.63, 3.8) is 0 Å². The van der Waals surface area contributed by atoms with Gasteiger partial charge in [0.05, 0.1) is 21.9 Å². The van der Waals surface area contributed by atoms with Gasteiger partial charge in [-0.1, -0.05) is 34.8 Å². The van der Waals surface area contributed by atoms with E-state index in [9.17, 15) is 0 Å². The Balaban J connectivity index is 2.14. The molecule has 0 radical (unpaired) electrons. The lowest BCUT2D eigenvalue weighted by molar-refractivity contribution is 1.31. The van der Waals surface area contributed by atoms with E-state index < -0.39 is 0 Å². The number of pyridine rings is 1. The number of hydrogen-bond acceptors (Lipinski definition) is 3. The molecule has 3 nitrogen and oxygen atoms in total. The minimum absolute atomic E-state index is 0.416. The summed E-state index contributed by atoms with van der Waals surface area (Å²) in [5.74, 6) is 0. The van der Waals surface area contributed by atoms with Crippen LogP contribution in [0.3, 0.4) is 0 Å². The third kappa shape index (κ3) is 3.35. The molecule has 1 N–H and O–H groups in total. The lowest BCUT2D eigenvalue weighted by atomic mass is 10.3. The lowest BCUT2D eigenvalue weighted by Gasteiger charge is -2.06. The molecule has 0 fully saturated rings. The van der Waals surface area contributed by atoms with Crippen molar-refractivity contribution in [2.75, 3.05) is 5.43 Å². The monoisotopic (exact) mass is 299 g/mol. The van der Waals surface area contributed by atoms with E-state index in [4.69, 9.17) is 34.8 Å². The smallest absolute Gasteiger partial charge is 0.0935 e. The molecule has 6 heteroatoms. The van der Waals surface area contributed by atoms with Crippen LogP contribution in [0.5, 0.6) is 0 Å². The highest BCUT2D eigenvalue weighted by Crippen LogP contribution is 2.33. The van der Waals surface area contributed by atoms with Gasteiger partial charge in [-0.05, 0) is 29.8 Å². The van der Waals surface area contributed by atoms with Crippen LogP contribution in [0.4, 0.5) is 5.69 Å². The Bertz CT molecular complexity index is 547. The molecule has 2 rings (SSSR count). The summed E-state index contributed by atoms with van der Waals surface area (Å²) in [7, 11) is 0. The number of benzene rings is 1. The van der Waals surface area contributed by atoms with Crippen LogP contribution in [0.25, 0.3) is 0 Å². The number of nitrogens with zero attached hydrogens (tertiary/aromatic N) is 2. The van der Waals surface area contributed by atoms with Crippen molar-refractivity contribution < 1.29 is 0 Å². The van der Waals surface area contributed by atoms with E-state index in [1.807, 2.05) is 12.1 Å². The minimum Gasteiger partial charge on any atom is -0.275 e. The van der Waals surface area contributed by atoms with Gasteiger partial charge in [-0.3, -0.25) is 10.4 Å². The first kappa shape index (κ1) is 13.1. The Morgan fingerprint density at radius 3 is 2.28 bits per heavy atom. The molecule has 1 aromatic carbocycles. The van der Waals surface area contributed by atoms with E-state index in [2.05, 4.69) is 15.5 Å². The molecule has 0 saturated heterocycles. The average molecular weight is 301 g/mol. The van der Waals surface area contributed by atoms with Gasteiger partial charge < -0.3 is 0 Å². The fourth-order valence-corrected chi connectivity index (χ4v) is 2.17. The third-order valence-electron chi connectivity index (χ3n) is 2.10. The van der Waals surface area contributed by atoms with E-state index in [1.54, 1.807) is 30.7 Å². The van der Waals surface area contributed by atoms with Crippen LogP contribution in [0.1, 0.15) is 5.56 Å². The fraction of sp³-hybridized carbons (Fsp3) is 0. The number of anilines is 1. The van der Waals surface area contributed by atoms with Crippen LogP contribution >= 0.6 is 34.8 Å². The molecule has 18 heavy (non-hydrogen) atoms. The van der Waals surface area contributed by atoms with Gasteiger partial charge in [-0.2, -0.15) is 5.10 Å². The van der Waals surface area contributed by atoms with Crippen LogP contribution in [-0.2, 0) is 0 Å². The summed E-state index contributed by atoms with van der Waals surface area (Å²) in [6.07, 6.45) is 5.01. The fourth-order valence-electron chi connectivity index (χ4n) is 1.27. The summed E-state index contributed by atoms with van der Waals surface area (Å²) < 4.78 is 0. The molecule has 0 unspecified atom stereocenters. The van der Waals surface area contributed by atoms with E-state index in [0.717, 1.165) is 5.56 Å². The summed E-state index contributed by atoms with van der Waals surface area (Å²) in [5, 5.41) is 5.36. The first-order valence-corrected chi connectivity index (χ1v) is 6.14. The quantitative estimate of drug-likeness (QED) is 0.670. The van der Waals surface area contributed by atoms with Crippen molar-refractivity contribution in [2.45, 2.75) is 0 Å². The summed E-state index contributed by atoms with van der Waals surface area (Å²) in [6, 6.07) is 6.85. The second-order valence-electron chi connectivity index (χ2n) is 3.39. The maximum absolute atomic E-state index is 6.00.